The van der Waals surface area contributed by atoms with Gasteiger partial charge in [0.2, 0.25) is 0 Å². The number of hydrogen-bond acceptors (Lipinski definition) is 3. The Morgan fingerprint density at radius 3 is 3.00 bits per heavy atom. The summed E-state index contributed by atoms with van der Waals surface area (Å²) in [5.41, 5.74) is -0.0574. The van der Waals surface area contributed by atoms with E-state index in [1.54, 1.807) is 17.0 Å². The summed E-state index contributed by atoms with van der Waals surface area (Å²) in [5.74, 6) is 0.438. The Hall–Kier alpha value is -1.03. The van der Waals surface area contributed by atoms with Crippen LogP contribution in [-0.4, -0.2) is 21.0 Å². The van der Waals surface area contributed by atoms with Crippen LogP contribution in [0, 0.1) is 0 Å². The zero-order valence-electron chi connectivity index (χ0n) is 8.61. The summed E-state index contributed by atoms with van der Waals surface area (Å²) in [6.07, 6.45) is 5.15. The first kappa shape index (κ1) is 10.5. The summed E-state index contributed by atoms with van der Waals surface area (Å²) < 4.78 is 1.63. The lowest BCUT2D eigenvalue weighted by molar-refractivity contribution is 0.452. The van der Waals surface area contributed by atoms with Gasteiger partial charge in [-0.1, -0.05) is 0 Å². The van der Waals surface area contributed by atoms with E-state index in [4.69, 9.17) is 11.6 Å². The lowest BCUT2D eigenvalue weighted by Gasteiger charge is -2.31. The van der Waals surface area contributed by atoms with E-state index < -0.39 is 0 Å². The van der Waals surface area contributed by atoms with Crippen molar-refractivity contribution in [1.29, 1.82) is 0 Å². The van der Waals surface area contributed by atoms with Crippen LogP contribution in [0.3, 0.4) is 0 Å². The molecule has 1 N–H and O–H groups in total. The summed E-state index contributed by atoms with van der Waals surface area (Å²) in [6.45, 7) is 2.60. The predicted molar refractivity (Wildman–Crippen MR) is 60.5 cm³/mol. The number of halogens is 1. The van der Waals surface area contributed by atoms with Crippen LogP contribution in [0.1, 0.15) is 19.8 Å². The Morgan fingerprint density at radius 1 is 1.67 bits per heavy atom. The van der Waals surface area contributed by atoms with Gasteiger partial charge < -0.3 is 9.88 Å². The van der Waals surface area contributed by atoms with Crippen LogP contribution in [0.15, 0.2) is 17.2 Å². The molecule has 0 bridgehead atoms. The number of anilines is 1. The van der Waals surface area contributed by atoms with Gasteiger partial charge in [0.05, 0.1) is 0 Å². The molecule has 0 atom stereocenters. The SMILES string of the molecule is CCn1ccnc(NC2CC(Cl)C2)c1=O. The van der Waals surface area contributed by atoms with Gasteiger partial charge in [0, 0.05) is 30.4 Å². The summed E-state index contributed by atoms with van der Waals surface area (Å²) in [5, 5.41) is 3.37. The maximum absolute atomic E-state index is 11.8. The molecular weight excluding hydrogens is 214 g/mol. The number of rotatable bonds is 3. The number of nitrogens with one attached hydrogen (secondary N) is 1. The lowest BCUT2D eigenvalue weighted by atomic mass is 9.92. The van der Waals surface area contributed by atoms with E-state index in [9.17, 15) is 4.79 Å². The monoisotopic (exact) mass is 227 g/mol. The summed E-state index contributed by atoms with van der Waals surface area (Å²) in [7, 11) is 0. The Bertz CT molecular complexity index is 398. The van der Waals surface area contributed by atoms with E-state index in [1.807, 2.05) is 6.92 Å². The van der Waals surface area contributed by atoms with Gasteiger partial charge in [-0.15, -0.1) is 11.6 Å². The molecule has 0 aromatic carbocycles. The number of aromatic nitrogens is 2. The van der Waals surface area contributed by atoms with Crippen molar-refractivity contribution in [3.05, 3.63) is 22.7 Å². The van der Waals surface area contributed by atoms with E-state index in [0.29, 0.717) is 18.4 Å². The van der Waals surface area contributed by atoms with Gasteiger partial charge in [-0.05, 0) is 19.8 Å². The zero-order chi connectivity index (χ0) is 10.8. The Labute approximate surface area is 93.3 Å². The summed E-state index contributed by atoms with van der Waals surface area (Å²) >= 11 is 5.86. The second-order valence-corrected chi connectivity index (χ2v) is 4.39. The van der Waals surface area contributed by atoms with Crippen LogP contribution in [-0.2, 0) is 6.54 Å². The van der Waals surface area contributed by atoms with Gasteiger partial charge in [-0.2, -0.15) is 0 Å². The first-order valence-corrected chi connectivity index (χ1v) is 5.60. The molecule has 0 aliphatic heterocycles. The third kappa shape index (κ3) is 2.15. The van der Waals surface area contributed by atoms with Crippen LogP contribution < -0.4 is 10.9 Å². The van der Waals surface area contributed by atoms with Gasteiger partial charge in [0.15, 0.2) is 5.82 Å². The van der Waals surface area contributed by atoms with E-state index in [-0.39, 0.29) is 10.9 Å². The highest BCUT2D eigenvalue weighted by Gasteiger charge is 2.27. The molecule has 4 nitrogen and oxygen atoms in total. The molecule has 1 aliphatic carbocycles. The van der Waals surface area contributed by atoms with E-state index in [2.05, 4.69) is 10.3 Å². The predicted octanol–water partition coefficient (Wildman–Crippen LogP) is 1.44. The molecule has 1 heterocycles. The van der Waals surface area contributed by atoms with Crippen molar-refractivity contribution in [2.75, 3.05) is 5.32 Å². The molecule has 5 heteroatoms. The minimum Gasteiger partial charge on any atom is -0.363 e. The molecule has 1 saturated carbocycles. The minimum atomic E-state index is -0.0574. The molecule has 0 unspecified atom stereocenters. The number of alkyl halides is 1. The van der Waals surface area contributed by atoms with Gasteiger partial charge >= 0.3 is 0 Å². The van der Waals surface area contributed by atoms with Crippen LogP contribution in [0.25, 0.3) is 0 Å². The summed E-state index contributed by atoms with van der Waals surface area (Å²) in [6, 6.07) is 0.306. The number of nitrogens with zero attached hydrogens (tertiary/aromatic N) is 2. The van der Waals surface area contributed by atoms with Crippen molar-refractivity contribution in [3.63, 3.8) is 0 Å². The van der Waals surface area contributed by atoms with Crippen LogP contribution in [0.5, 0.6) is 0 Å². The highest BCUT2D eigenvalue weighted by Crippen LogP contribution is 2.27. The fourth-order valence-corrected chi connectivity index (χ4v) is 2.09. The molecule has 0 amide bonds. The highest BCUT2D eigenvalue weighted by molar-refractivity contribution is 6.21. The van der Waals surface area contributed by atoms with E-state index in [1.165, 1.54) is 0 Å². The van der Waals surface area contributed by atoms with Gasteiger partial charge in [-0.25, -0.2) is 4.98 Å². The second kappa shape index (κ2) is 4.23. The van der Waals surface area contributed by atoms with Crippen molar-refractivity contribution in [1.82, 2.24) is 9.55 Å². The molecule has 1 aromatic rings. The first-order chi connectivity index (χ1) is 7.20. The van der Waals surface area contributed by atoms with Crippen LogP contribution >= 0.6 is 11.6 Å². The quantitative estimate of drug-likeness (QED) is 0.795. The Balaban J connectivity index is 2.11. The molecule has 1 aliphatic rings. The van der Waals surface area contributed by atoms with Crippen molar-refractivity contribution in [2.24, 2.45) is 0 Å². The standard InChI is InChI=1S/C10H14ClN3O/c1-2-14-4-3-12-9(10(14)15)13-8-5-7(11)6-8/h3-4,7-8H,2,5-6H2,1H3,(H,12,13). The molecule has 0 saturated heterocycles. The van der Waals surface area contributed by atoms with Crippen LogP contribution in [0.2, 0.25) is 0 Å². The third-order valence-electron chi connectivity index (χ3n) is 2.68. The second-order valence-electron chi connectivity index (χ2n) is 3.78. The largest absolute Gasteiger partial charge is 0.363 e. The van der Waals surface area contributed by atoms with Crippen LogP contribution in [0.4, 0.5) is 5.82 Å². The Kier molecular flexibility index (Phi) is 2.95. The van der Waals surface area contributed by atoms with E-state index >= 15 is 0 Å². The number of hydrogen-bond donors (Lipinski definition) is 1. The topological polar surface area (TPSA) is 46.9 Å². The zero-order valence-corrected chi connectivity index (χ0v) is 9.37. The maximum atomic E-state index is 11.8. The molecule has 0 spiro atoms. The van der Waals surface area contributed by atoms with Gasteiger partial charge in [-0.3, -0.25) is 4.79 Å². The maximum Gasteiger partial charge on any atom is 0.293 e. The highest BCUT2D eigenvalue weighted by atomic mass is 35.5. The van der Waals surface area contributed by atoms with E-state index in [0.717, 1.165) is 12.8 Å². The molecule has 15 heavy (non-hydrogen) atoms. The average molecular weight is 228 g/mol. The van der Waals surface area contributed by atoms with Crippen molar-refractivity contribution < 1.29 is 0 Å². The average Bonchev–Trinajstić information content (AvgIpc) is 2.18. The molecule has 1 fully saturated rings. The van der Waals surface area contributed by atoms with Crippen molar-refractivity contribution >= 4 is 17.4 Å². The van der Waals surface area contributed by atoms with Gasteiger partial charge in [0.1, 0.15) is 0 Å². The first-order valence-electron chi connectivity index (χ1n) is 5.16. The van der Waals surface area contributed by atoms with Gasteiger partial charge in [0.25, 0.3) is 5.56 Å². The molecular formula is C10H14ClN3O. The fourth-order valence-electron chi connectivity index (χ4n) is 1.65. The fraction of sp³-hybridized carbons (Fsp3) is 0.600. The molecule has 1 aromatic heterocycles. The van der Waals surface area contributed by atoms with Crippen molar-refractivity contribution in [2.45, 2.75) is 37.7 Å². The molecule has 82 valence electrons. The molecule has 0 radical (unpaired) electrons. The smallest absolute Gasteiger partial charge is 0.293 e. The molecule has 2 rings (SSSR count). The lowest BCUT2D eigenvalue weighted by Crippen LogP contribution is -2.38. The minimum absolute atomic E-state index is 0.0574. The normalized spacial score (nSPS) is 24.7. The Morgan fingerprint density at radius 2 is 2.40 bits per heavy atom. The number of aryl methyl sites for hydroxylation is 1. The third-order valence-corrected chi connectivity index (χ3v) is 3.03. The van der Waals surface area contributed by atoms with Crippen molar-refractivity contribution in [3.8, 4) is 0 Å². The summed E-state index contributed by atoms with van der Waals surface area (Å²) in [4.78, 5) is 15.8.